The molecule has 0 saturated heterocycles. The number of ether oxygens (including phenoxy) is 2. The maximum atomic E-state index is 5.79. The van der Waals surface area contributed by atoms with Gasteiger partial charge in [0.2, 0.25) is 5.88 Å². The maximum Gasteiger partial charge on any atom is 0.322 e. The average molecular weight is 307 g/mol. The summed E-state index contributed by atoms with van der Waals surface area (Å²) in [5.41, 5.74) is 7.87. The van der Waals surface area contributed by atoms with Crippen molar-refractivity contribution in [1.29, 1.82) is 0 Å². The van der Waals surface area contributed by atoms with Gasteiger partial charge in [0.1, 0.15) is 19.0 Å². The highest BCUT2D eigenvalue weighted by atomic mass is 16.5. The second-order valence-electron chi connectivity index (χ2n) is 4.96. The van der Waals surface area contributed by atoms with Crippen LogP contribution in [0.5, 0.6) is 11.9 Å². The van der Waals surface area contributed by atoms with Crippen LogP contribution in [0.15, 0.2) is 66.7 Å². The van der Waals surface area contributed by atoms with E-state index in [1.54, 1.807) is 6.07 Å². The van der Waals surface area contributed by atoms with Gasteiger partial charge in [-0.3, -0.25) is 0 Å². The van der Waals surface area contributed by atoms with Crippen molar-refractivity contribution < 1.29 is 9.47 Å². The van der Waals surface area contributed by atoms with E-state index in [2.05, 4.69) is 9.97 Å². The van der Waals surface area contributed by atoms with E-state index >= 15 is 0 Å². The van der Waals surface area contributed by atoms with Crippen LogP contribution in [0.25, 0.3) is 0 Å². The molecule has 5 nitrogen and oxygen atoms in total. The summed E-state index contributed by atoms with van der Waals surface area (Å²) in [5, 5.41) is 0. The number of nitrogens with zero attached hydrogens (tertiary/aromatic N) is 2. The molecule has 5 heteroatoms. The van der Waals surface area contributed by atoms with Gasteiger partial charge in [-0.2, -0.15) is 9.97 Å². The Bertz CT molecular complexity index is 687. The molecule has 0 saturated carbocycles. The molecule has 0 bridgehead atoms. The lowest BCUT2D eigenvalue weighted by Crippen LogP contribution is -2.04. The van der Waals surface area contributed by atoms with Gasteiger partial charge in [0.05, 0.1) is 0 Å². The van der Waals surface area contributed by atoms with E-state index in [1.807, 2.05) is 60.7 Å². The van der Waals surface area contributed by atoms with Crippen LogP contribution in [-0.4, -0.2) is 9.97 Å². The molecular weight excluding hydrogens is 290 g/mol. The van der Waals surface area contributed by atoms with E-state index in [-0.39, 0.29) is 6.01 Å². The highest BCUT2D eigenvalue weighted by Gasteiger charge is 2.06. The molecule has 116 valence electrons. The van der Waals surface area contributed by atoms with Gasteiger partial charge in [-0.25, -0.2) is 0 Å². The predicted molar refractivity (Wildman–Crippen MR) is 88.0 cm³/mol. The second-order valence-corrected chi connectivity index (χ2v) is 4.96. The molecule has 0 aliphatic heterocycles. The molecule has 2 aromatic carbocycles. The first-order chi connectivity index (χ1) is 11.3. The van der Waals surface area contributed by atoms with Gasteiger partial charge in [0, 0.05) is 6.07 Å². The lowest BCUT2D eigenvalue weighted by molar-refractivity contribution is 0.259. The van der Waals surface area contributed by atoms with Gasteiger partial charge < -0.3 is 15.2 Å². The molecule has 1 heterocycles. The molecule has 0 aliphatic rings. The minimum atomic E-state index is 0.205. The minimum Gasteiger partial charge on any atom is -0.473 e. The van der Waals surface area contributed by atoms with Gasteiger partial charge in [-0.05, 0) is 11.1 Å². The molecule has 3 aromatic rings. The van der Waals surface area contributed by atoms with E-state index in [0.717, 1.165) is 11.1 Å². The molecule has 0 radical (unpaired) electrons. The van der Waals surface area contributed by atoms with Crippen LogP contribution in [0.1, 0.15) is 11.1 Å². The Hall–Kier alpha value is -3.08. The summed E-state index contributed by atoms with van der Waals surface area (Å²) in [6, 6.07) is 21.4. The van der Waals surface area contributed by atoms with E-state index in [1.165, 1.54) is 0 Å². The van der Waals surface area contributed by atoms with E-state index in [9.17, 15) is 0 Å². The first-order valence-corrected chi connectivity index (χ1v) is 7.27. The predicted octanol–water partition coefficient (Wildman–Crippen LogP) is 3.22. The van der Waals surface area contributed by atoms with Crippen molar-refractivity contribution in [3.8, 4) is 11.9 Å². The van der Waals surface area contributed by atoms with Crippen LogP contribution < -0.4 is 15.2 Å². The van der Waals surface area contributed by atoms with Crippen molar-refractivity contribution in [2.24, 2.45) is 0 Å². The van der Waals surface area contributed by atoms with E-state index < -0.39 is 0 Å². The molecule has 0 unspecified atom stereocenters. The summed E-state index contributed by atoms with van der Waals surface area (Å²) in [6.45, 7) is 0.790. The maximum absolute atomic E-state index is 5.79. The molecule has 0 atom stereocenters. The van der Waals surface area contributed by atoms with Gasteiger partial charge in [0.15, 0.2) is 0 Å². The van der Waals surface area contributed by atoms with Crippen molar-refractivity contribution in [1.82, 2.24) is 9.97 Å². The Balaban J connectivity index is 1.64. The Morgan fingerprint density at radius 1 is 0.739 bits per heavy atom. The molecule has 0 aliphatic carbocycles. The molecule has 3 rings (SSSR count). The fourth-order valence-corrected chi connectivity index (χ4v) is 2.01. The standard InChI is InChI=1S/C18H17N3O2/c19-16-11-17(22-12-14-7-3-1-4-8-14)21-18(20-16)23-13-15-9-5-2-6-10-15/h1-11H,12-13H2,(H2,19,20,21). The van der Waals surface area contributed by atoms with Crippen molar-refractivity contribution in [3.63, 3.8) is 0 Å². The molecule has 1 aromatic heterocycles. The highest BCUT2D eigenvalue weighted by Crippen LogP contribution is 2.17. The first kappa shape index (κ1) is 14.8. The normalized spacial score (nSPS) is 10.3. The Morgan fingerprint density at radius 2 is 1.30 bits per heavy atom. The average Bonchev–Trinajstić information content (AvgIpc) is 2.60. The van der Waals surface area contributed by atoms with Crippen molar-refractivity contribution >= 4 is 5.82 Å². The van der Waals surface area contributed by atoms with Crippen LogP contribution in [-0.2, 0) is 13.2 Å². The topological polar surface area (TPSA) is 70.3 Å². The van der Waals surface area contributed by atoms with Gasteiger partial charge in [0.25, 0.3) is 0 Å². The molecule has 0 amide bonds. The molecular formula is C18H17N3O2. The summed E-state index contributed by atoms with van der Waals surface area (Å²) in [7, 11) is 0. The van der Waals surface area contributed by atoms with Crippen LogP contribution in [0.2, 0.25) is 0 Å². The second kappa shape index (κ2) is 7.26. The molecule has 23 heavy (non-hydrogen) atoms. The zero-order valence-corrected chi connectivity index (χ0v) is 12.6. The third-order valence-electron chi connectivity index (χ3n) is 3.14. The Kier molecular flexibility index (Phi) is 4.69. The number of hydrogen-bond donors (Lipinski definition) is 1. The van der Waals surface area contributed by atoms with Crippen LogP contribution in [0.4, 0.5) is 5.82 Å². The fourth-order valence-electron chi connectivity index (χ4n) is 2.01. The number of nitrogen functional groups attached to an aromatic ring is 1. The van der Waals surface area contributed by atoms with E-state index in [0.29, 0.717) is 24.9 Å². The molecule has 2 N–H and O–H groups in total. The SMILES string of the molecule is Nc1cc(OCc2ccccc2)nc(OCc2ccccc2)n1. The molecule has 0 spiro atoms. The number of benzene rings is 2. The van der Waals surface area contributed by atoms with E-state index in [4.69, 9.17) is 15.2 Å². The van der Waals surface area contributed by atoms with Crippen molar-refractivity contribution in [2.45, 2.75) is 13.2 Å². The summed E-state index contributed by atoms with van der Waals surface area (Å²) in [6.07, 6.45) is 0. The Labute approximate surface area is 134 Å². The van der Waals surface area contributed by atoms with Crippen molar-refractivity contribution in [3.05, 3.63) is 77.9 Å². The van der Waals surface area contributed by atoms with Gasteiger partial charge in [-0.15, -0.1) is 0 Å². The fraction of sp³-hybridized carbons (Fsp3) is 0.111. The number of anilines is 1. The number of rotatable bonds is 6. The monoisotopic (exact) mass is 307 g/mol. The third-order valence-corrected chi connectivity index (χ3v) is 3.14. The zero-order valence-electron chi connectivity index (χ0n) is 12.6. The molecule has 0 fully saturated rings. The lowest BCUT2D eigenvalue weighted by atomic mass is 10.2. The van der Waals surface area contributed by atoms with Crippen LogP contribution >= 0.6 is 0 Å². The summed E-state index contributed by atoms with van der Waals surface area (Å²) in [5.74, 6) is 0.704. The quantitative estimate of drug-likeness (QED) is 0.757. The van der Waals surface area contributed by atoms with Gasteiger partial charge in [-0.1, -0.05) is 60.7 Å². The van der Waals surface area contributed by atoms with Crippen molar-refractivity contribution in [2.75, 3.05) is 5.73 Å². The first-order valence-electron chi connectivity index (χ1n) is 7.27. The highest BCUT2D eigenvalue weighted by molar-refractivity contribution is 5.34. The smallest absolute Gasteiger partial charge is 0.322 e. The van der Waals surface area contributed by atoms with Crippen LogP contribution in [0, 0.1) is 0 Å². The summed E-state index contributed by atoms with van der Waals surface area (Å²) < 4.78 is 11.2. The summed E-state index contributed by atoms with van der Waals surface area (Å²) >= 11 is 0. The largest absolute Gasteiger partial charge is 0.473 e. The summed E-state index contributed by atoms with van der Waals surface area (Å²) in [4.78, 5) is 8.30. The lowest BCUT2D eigenvalue weighted by Gasteiger charge is -2.09. The number of aromatic nitrogens is 2. The third kappa shape index (κ3) is 4.44. The van der Waals surface area contributed by atoms with Gasteiger partial charge >= 0.3 is 6.01 Å². The number of nitrogens with two attached hydrogens (primary N) is 1. The zero-order chi connectivity index (χ0) is 15.9. The minimum absolute atomic E-state index is 0.205. The van der Waals surface area contributed by atoms with Crippen LogP contribution in [0.3, 0.4) is 0 Å². The number of hydrogen-bond acceptors (Lipinski definition) is 5. The Morgan fingerprint density at radius 3 is 1.91 bits per heavy atom.